The van der Waals surface area contributed by atoms with E-state index < -0.39 is 15.9 Å². The van der Waals surface area contributed by atoms with Crippen LogP contribution in [-0.2, 0) is 22.7 Å². The molecule has 1 fully saturated rings. The van der Waals surface area contributed by atoms with Crippen molar-refractivity contribution in [1.82, 2.24) is 5.32 Å². The Labute approximate surface area is 207 Å². The van der Waals surface area contributed by atoms with Crippen molar-refractivity contribution in [3.63, 3.8) is 0 Å². The molecule has 1 aromatic carbocycles. The fourth-order valence-corrected chi connectivity index (χ4v) is 7.79. The molecule has 3 N–H and O–H groups in total. The number of fused-ring (bicyclic) bond motifs is 1. The van der Waals surface area contributed by atoms with Crippen LogP contribution in [0.4, 0.5) is 5.00 Å². The van der Waals surface area contributed by atoms with Gasteiger partial charge in [-0.2, -0.15) is 0 Å². The number of rotatable bonds is 8. The fraction of sp³-hybridized carbons (Fsp3) is 0.522. The second kappa shape index (κ2) is 10.3. The molecule has 4 rings (SSSR count). The number of halogens is 1. The fourth-order valence-electron chi connectivity index (χ4n) is 4.30. The highest BCUT2D eigenvalue weighted by molar-refractivity contribution is 9.10. The number of amides is 1. The minimum Gasteiger partial charge on any atom is -0.490 e. The van der Waals surface area contributed by atoms with E-state index in [4.69, 9.17) is 4.74 Å². The Morgan fingerprint density at radius 3 is 2.85 bits per heavy atom. The Kier molecular flexibility index (Phi) is 7.67. The molecule has 1 amide bonds. The molecule has 1 aliphatic carbocycles. The second-order valence-corrected chi connectivity index (χ2v) is 13.1. The number of ether oxygens (including phenoxy) is 1. The van der Waals surface area contributed by atoms with Crippen LogP contribution in [0.5, 0.6) is 5.75 Å². The number of aliphatic hydroxyl groups excluding tert-OH is 1. The molecule has 0 saturated carbocycles. The first-order valence-corrected chi connectivity index (χ1v) is 14.6. The molecule has 2 aromatic rings. The summed E-state index contributed by atoms with van der Waals surface area (Å²) in [4.78, 5) is 14.4. The van der Waals surface area contributed by atoms with Crippen LogP contribution >= 0.6 is 27.3 Å². The highest BCUT2D eigenvalue weighted by Gasteiger charge is 2.32. The number of benzene rings is 1. The number of hydrogen-bond acceptors (Lipinski definition) is 7. The summed E-state index contributed by atoms with van der Waals surface area (Å²) < 4.78 is 30.1. The first-order chi connectivity index (χ1) is 15.7. The molecule has 2 aliphatic rings. The average molecular weight is 558 g/mol. The number of carbonyl (C=O) groups excluding carboxylic acids is 1. The van der Waals surface area contributed by atoms with Gasteiger partial charge >= 0.3 is 0 Å². The molecule has 3 atom stereocenters. The number of anilines is 1. The van der Waals surface area contributed by atoms with Gasteiger partial charge in [-0.1, -0.05) is 19.1 Å². The summed E-state index contributed by atoms with van der Waals surface area (Å²) in [5, 5.41) is 17.4. The molecule has 1 aromatic heterocycles. The quantitative estimate of drug-likeness (QED) is 0.460. The van der Waals surface area contributed by atoms with Crippen LogP contribution in [0.1, 0.15) is 40.6 Å². The lowest BCUT2D eigenvalue weighted by atomic mass is 9.88. The van der Waals surface area contributed by atoms with E-state index in [2.05, 4.69) is 33.5 Å². The number of nitrogens with one attached hydrogen (secondary N) is 2. The minimum absolute atomic E-state index is 0.00401. The first kappa shape index (κ1) is 24.5. The monoisotopic (exact) mass is 556 g/mol. The third-order valence-corrected chi connectivity index (χ3v) is 9.71. The Bertz CT molecular complexity index is 1120. The van der Waals surface area contributed by atoms with Crippen molar-refractivity contribution in [2.75, 3.05) is 30.0 Å². The lowest BCUT2D eigenvalue weighted by Crippen LogP contribution is -2.36. The zero-order chi connectivity index (χ0) is 23.6. The number of thiophene rings is 1. The smallest absolute Gasteiger partial charge is 0.254 e. The molecule has 2 heterocycles. The second-order valence-electron chi connectivity index (χ2n) is 8.91. The Hall–Kier alpha value is -1.62. The van der Waals surface area contributed by atoms with Gasteiger partial charge < -0.3 is 20.5 Å². The zero-order valence-corrected chi connectivity index (χ0v) is 21.7. The van der Waals surface area contributed by atoms with Crippen LogP contribution in [0, 0.1) is 5.92 Å². The van der Waals surface area contributed by atoms with Crippen LogP contribution in [0.2, 0.25) is 0 Å². The van der Waals surface area contributed by atoms with Gasteiger partial charge in [-0.15, -0.1) is 11.3 Å². The lowest BCUT2D eigenvalue weighted by Gasteiger charge is -2.19. The Morgan fingerprint density at radius 2 is 2.12 bits per heavy atom. The number of aliphatic hydroxyl groups is 1. The molecular weight excluding hydrogens is 528 g/mol. The van der Waals surface area contributed by atoms with Gasteiger partial charge in [0.25, 0.3) is 5.91 Å². The molecule has 3 unspecified atom stereocenters. The molecule has 7 nitrogen and oxygen atoms in total. The van der Waals surface area contributed by atoms with E-state index >= 15 is 0 Å². The van der Waals surface area contributed by atoms with Crippen molar-refractivity contribution in [2.24, 2.45) is 5.92 Å². The molecule has 1 saturated heterocycles. The van der Waals surface area contributed by atoms with Gasteiger partial charge in [-0.05, 0) is 65.2 Å². The molecule has 180 valence electrons. The maximum atomic E-state index is 13.2. The van der Waals surface area contributed by atoms with E-state index in [9.17, 15) is 18.3 Å². The maximum absolute atomic E-state index is 13.2. The van der Waals surface area contributed by atoms with Crippen molar-refractivity contribution < 1.29 is 23.1 Å². The van der Waals surface area contributed by atoms with Crippen LogP contribution in [0.15, 0.2) is 28.7 Å². The summed E-state index contributed by atoms with van der Waals surface area (Å²) in [5.41, 5.74) is 1.66. The van der Waals surface area contributed by atoms with E-state index in [1.807, 2.05) is 24.3 Å². The maximum Gasteiger partial charge on any atom is 0.254 e. The Balaban J connectivity index is 1.44. The number of hydrogen-bond donors (Lipinski definition) is 3. The topological polar surface area (TPSA) is 105 Å². The highest BCUT2D eigenvalue weighted by Crippen LogP contribution is 2.39. The van der Waals surface area contributed by atoms with Gasteiger partial charge in [0.2, 0.25) is 0 Å². The molecule has 33 heavy (non-hydrogen) atoms. The van der Waals surface area contributed by atoms with Gasteiger partial charge in [0.1, 0.15) is 23.5 Å². The average Bonchev–Trinajstić information content (AvgIpc) is 3.29. The summed E-state index contributed by atoms with van der Waals surface area (Å²) >= 11 is 4.99. The van der Waals surface area contributed by atoms with Gasteiger partial charge in [0, 0.05) is 17.5 Å². The molecular formula is C23H29BrN2O5S2. The standard InChI is InChI=1S/C23H29BrN2O5S2/c1-14-6-7-17-20(10-14)32-23(21(17)22(28)26-15-8-9-33(29,30)13-15)25-11-16(27)12-31-19-5-3-2-4-18(19)24/h2-5,14-16,25,27H,6-13H2,1H3,(H,26,28). The first-order valence-electron chi connectivity index (χ1n) is 11.2. The van der Waals surface area contributed by atoms with E-state index in [1.165, 1.54) is 4.88 Å². The van der Waals surface area contributed by atoms with Crippen LogP contribution in [0.3, 0.4) is 0 Å². The van der Waals surface area contributed by atoms with Gasteiger partial charge in [-0.25, -0.2) is 8.42 Å². The molecule has 0 spiro atoms. The third kappa shape index (κ3) is 6.09. The molecule has 10 heteroatoms. The highest BCUT2D eigenvalue weighted by atomic mass is 79.9. The number of para-hydroxylation sites is 1. The minimum atomic E-state index is -3.08. The predicted molar refractivity (Wildman–Crippen MR) is 134 cm³/mol. The molecule has 1 aliphatic heterocycles. The molecule has 0 bridgehead atoms. The van der Waals surface area contributed by atoms with Crippen LogP contribution in [0.25, 0.3) is 0 Å². The van der Waals surface area contributed by atoms with Crippen molar-refractivity contribution >= 4 is 48.0 Å². The summed E-state index contributed by atoms with van der Waals surface area (Å²) in [7, 11) is -3.08. The van der Waals surface area contributed by atoms with E-state index in [0.717, 1.165) is 34.3 Å². The largest absolute Gasteiger partial charge is 0.490 e. The van der Waals surface area contributed by atoms with E-state index in [-0.39, 0.29) is 36.6 Å². The van der Waals surface area contributed by atoms with Crippen molar-refractivity contribution in [3.05, 3.63) is 44.7 Å². The number of sulfone groups is 1. The zero-order valence-electron chi connectivity index (χ0n) is 18.5. The van der Waals surface area contributed by atoms with Crippen LogP contribution < -0.4 is 15.4 Å². The molecule has 0 radical (unpaired) electrons. The SMILES string of the molecule is CC1CCc2c(sc(NCC(O)COc3ccccc3Br)c2C(=O)NC2CCS(=O)(=O)C2)C1. The van der Waals surface area contributed by atoms with Crippen molar-refractivity contribution in [1.29, 1.82) is 0 Å². The Morgan fingerprint density at radius 1 is 1.33 bits per heavy atom. The van der Waals surface area contributed by atoms with Gasteiger partial charge in [-0.3, -0.25) is 4.79 Å². The van der Waals surface area contributed by atoms with E-state index in [1.54, 1.807) is 11.3 Å². The normalized spacial score (nSPS) is 22.4. The van der Waals surface area contributed by atoms with Gasteiger partial charge in [0.15, 0.2) is 9.84 Å². The number of carbonyl (C=O) groups is 1. The van der Waals surface area contributed by atoms with Crippen LogP contribution in [-0.4, -0.2) is 56.2 Å². The summed E-state index contributed by atoms with van der Waals surface area (Å²) in [5.74, 6) is 1.10. The van der Waals surface area contributed by atoms with Crippen molar-refractivity contribution in [3.8, 4) is 5.75 Å². The summed E-state index contributed by atoms with van der Waals surface area (Å²) in [6, 6.07) is 7.10. The third-order valence-electron chi connectivity index (χ3n) is 6.07. The van der Waals surface area contributed by atoms with Gasteiger partial charge in [0.05, 0.1) is 21.5 Å². The van der Waals surface area contributed by atoms with Crippen molar-refractivity contribution in [2.45, 2.75) is 44.8 Å². The lowest BCUT2D eigenvalue weighted by molar-refractivity contribution is 0.0940. The summed E-state index contributed by atoms with van der Waals surface area (Å²) in [6.07, 6.45) is 2.45. The summed E-state index contributed by atoms with van der Waals surface area (Å²) in [6.45, 7) is 2.55. The van der Waals surface area contributed by atoms with E-state index in [0.29, 0.717) is 23.7 Å². The predicted octanol–water partition coefficient (Wildman–Crippen LogP) is 3.40.